The van der Waals surface area contributed by atoms with Crippen LogP contribution in [-0.4, -0.2) is 18.0 Å². The predicted molar refractivity (Wildman–Crippen MR) is 72.8 cm³/mol. The number of benzene rings is 1. The second-order valence-corrected chi connectivity index (χ2v) is 5.55. The molecule has 0 aliphatic heterocycles. The highest BCUT2D eigenvalue weighted by Crippen LogP contribution is 2.29. The molecule has 0 fully saturated rings. The summed E-state index contributed by atoms with van der Waals surface area (Å²) in [7, 11) is 0. The topological polar surface area (TPSA) is 37.3 Å². The first-order chi connectivity index (χ1) is 8.24. The molecule has 2 nitrogen and oxygen atoms in total. The summed E-state index contributed by atoms with van der Waals surface area (Å²) >= 11 is 4.82. The summed E-state index contributed by atoms with van der Waals surface area (Å²) in [6, 6.07) is 9.68. The Morgan fingerprint density at radius 1 is 1.35 bits per heavy atom. The molecule has 0 bridgehead atoms. The van der Waals surface area contributed by atoms with Crippen LogP contribution in [0.2, 0.25) is 0 Å². The normalized spacial score (nSPS) is 12.4. The highest BCUT2D eigenvalue weighted by atomic mass is 79.9. The molecule has 0 saturated heterocycles. The van der Waals surface area contributed by atoms with Crippen LogP contribution in [0.1, 0.15) is 26.7 Å². The summed E-state index contributed by atoms with van der Waals surface area (Å²) in [4.78, 5) is 11.4. The van der Waals surface area contributed by atoms with Crippen LogP contribution < -0.4 is 0 Å². The molecule has 1 unspecified atom stereocenters. The zero-order chi connectivity index (χ0) is 12.3. The molecular weight excluding hydrogens is 300 g/mol. The largest absolute Gasteiger partial charge is 0.395 e. The second-order valence-electron chi connectivity index (χ2n) is 3.69. The van der Waals surface area contributed by atoms with Crippen molar-refractivity contribution in [2.45, 2.75) is 5.92 Å². The fraction of sp³-hybridized carbons (Fsp3) is 0.154. The third-order valence-electron chi connectivity index (χ3n) is 2.59. The molecule has 1 N–H and O–H groups in total. The van der Waals surface area contributed by atoms with E-state index in [1.165, 1.54) is 11.3 Å². The fourth-order valence-electron chi connectivity index (χ4n) is 1.74. The van der Waals surface area contributed by atoms with E-state index in [2.05, 4.69) is 15.9 Å². The Bertz CT molecular complexity index is 522. The summed E-state index contributed by atoms with van der Waals surface area (Å²) in [5, 5.41) is 11.4. The van der Waals surface area contributed by atoms with Gasteiger partial charge in [-0.2, -0.15) is 0 Å². The van der Waals surface area contributed by atoms with Gasteiger partial charge in [0.25, 0.3) is 0 Å². The third kappa shape index (κ3) is 2.83. The maximum Gasteiger partial charge on any atom is 0.160 e. The number of halogens is 1. The Morgan fingerprint density at radius 3 is 2.76 bits per heavy atom. The van der Waals surface area contributed by atoms with Crippen molar-refractivity contribution < 1.29 is 9.90 Å². The van der Waals surface area contributed by atoms with Crippen LogP contribution in [-0.2, 0) is 0 Å². The van der Waals surface area contributed by atoms with Gasteiger partial charge in [0, 0.05) is 10.4 Å². The van der Waals surface area contributed by atoms with Gasteiger partial charge in [-0.15, -0.1) is 11.3 Å². The molecule has 1 atom stereocenters. The Morgan fingerprint density at radius 2 is 2.18 bits per heavy atom. The number of aliphatic hydroxyl groups excluding tert-OH is 1. The van der Waals surface area contributed by atoms with E-state index >= 15 is 0 Å². The minimum absolute atomic E-state index is 0.0332. The smallest absolute Gasteiger partial charge is 0.160 e. The van der Waals surface area contributed by atoms with E-state index in [-0.39, 0.29) is 12.5 Å². The van der Waals surface area contributed by atoms with Crippen LogP contribution in [0.3, 0.4) is 0 Å². The standard InChI is InChI=1S/C13H11BrO2S/c14-11-3-1-2-9(4-11)13(7-16)10-5-12(6-15)17-8-10/h1-6,8,13,16H,7H2. The van der Waals surface area contributed by atoms with Crippen LogP contribution in [0.25, 0.3) is 0 Å². The van der Waals surface area contributed by atoms with Gasteiger partial charge >= 0.3 is 0 Å². The molecule has 2 rings (SSSR count). The van der Waals surface area contributed by atoms with Gasteiger partial charge in [-0.25, -0.2) is 0 Å². The molecular formula is C13H11BrO2S. The number of hydrogen-bond acceptors (Lipinski definition) is 3. The fourth-order valence-corrected chi connectivity index (χ4v) is 2.92. The summed E-state index contributed by atoms with van der Waals surface area (Å²) in [5.74, 6) is -0.0718. The summed E-state index contributed by atoms with van der Waals surface area (Å²) in [6.45, 7) is 0.0332. The van der Waals surface area contributed by atoms with Gasteiger partial charge in [-0.1, -0.05) is 28.1 Å². The van der Waals surface area contributed by atoms with E-state index in [9.17, 15) is 9.90 Å². The highest BCUT2D eigenvalue weighted by molar-refractivity contribution is 9.10. The predicted octanol–water partition coefficient (Wildman–Crippen LogP) is 3.45. The summed E-state index contributed by atoms with van der Waals surface area (Å²) in [6.07, 6.45) is 0.837. The molecule has 88 valence electrons. The monoisotopic (exact) mass is 310 g/mol. The molecule has 0 aliphatic rings. The van der Waals surface area contributed by atoms with Crippen molar-refractivity contribution in [3.05, 3.63) is 56.2 Å². The molecule has 2 aromatic rings. The maximum atomic E-state index is 10.7. The quantitative estimate of drug-likeness (QED) is 0.878. The van der Waals surface area contributed by atoms with E-state index in [4.69, 9.17) is 0 Å². The first-order valence-corrected chi connectivity index (χ1v) is 6.82. The Kier molecular flexibility index (Phi) is 4.10. The molecule has 0 radical (unpaired) electrons. The van der Waals surface area contributed by atoms with Crippen molar-refractivity contribution in [3.63, 3.8) is 0 Å². The molecule has 4 heteroatoms. The molecule has 1 aromatic carbocycles. The molecule has 17 heavy (non-hydrogen) atoms. The second kappa shape index (κ2) is 5.58. The number of carbonyl (C=O) groups excluding carboxylic acids is 1. The number of aldehydes is 1. The average molecular weight is 311 g/mol. The maximum absolute atomic E-state index is 10.7. The summed E-state index contributed by atoms with van der Waals surface area (Å²) in [5.41, 5.74) is 2.02. The SMILES string of the molecule is O=Cc1cc(C(CO)c2cccc(Br)c2)cs1. The first kappa shape index (κ1) is 12.5. The molecule has 1 aromatic heterocycles. The van der Waals surface area contributed by atoms with E-state index in [0.717, 1.165) is 21.9 Å². The van der Waals surface area contributed by atoms with Crippen LogP contribution in [0.5, 0.6) is 0 Å². The van der Waals surface area contributed by atoms with E-state index < -0.39 is 0 Å². The minimum Gasteiger partial charge on any atom is -0.395 e. The van der Waals surface area contributed by atoms with E-state index in [1.807, 2.05) is 35.7 Å². The number of rotatable bonds is 4. The lowest BCUT2D eigenvalue weighted by Gasteiger charge is -2.13. The number of aliphatic hydroxyl groups is 1. The molecule has 0 spiro atoms. The van der Waals surface area contributed by atoms with Crippen molar-refractivity contribution >= 4 is 33.6 Å². The molecule has 1 heterocycles. The Labute approximate surface area is 112 Å². The van der Waals surface area contributed by atoms with Crippen molar-refractivity contribution in [2.75, 3.05) is 6.61 Å². The van der Waals surface area contributed by atoms with Crippen LogP contribution >= 0.6 is 27.3 Å². The van der Waals surface area contributed by atoms with Crippen LogP contribution in [0, 0.1) is 0 Å². The number of thiophene rings is 1. The minimum atomic E-state index is -0.0718. The van der Waals surface area contributed by atoms with Gasteiger partial charge in [0.1, 0.15) is 0 Å². The highest BCUT2D eigenvalue weighted by Gasteiger charge is 2.15. The molecule has 0 aliphatic carbocycles. The zero-order valence-electron chi connectivity index (χ0n) is 8.97. The van der Waals surface area contributed by atoms with Gasteiger partial charge in [0.05, 0.1) is 11.5 Å². The Balaban J connectivity index is 2.36. The van der Waals surface area contributed by atoms with Crippen molar-refractivity contribution in [2.24, 2.45) is 0 Å². The lowest BCUT2D eigenvalue weighted by Crippen LogP contribution is -2.04. The molecule has 0 amide bonds. The lowest BCUT2D eigenvalue weighted by molar-refractivity contribution is 0.112. The van der Waals surface area contributed by atoms with Gasteiger partial charge in [0.2, 0.25) is 0 Å². The van der Waals surface area contributed by atoms with Gasteiger partial charge < -0.3 is 5.11 Å². The van der Waals surface area contributed by atoms with Gasteiger partial charge in [-0.3, -0.25) is 4.79 Å². The zero-order valence-corrected chi connectivity index (χ0v) is 11.4. The van der Waals surface area contributed by atoms with E-state index in [0.29, 0.717) is 4.88 Å². The van der Waals surface area contributed by atoms with Crippen LogP contribution in [0.15, 0.2) is 40.2 Å². The van der Waals surface area contributed by atoms with Crippen molar-refractivity contribution in [1.82, 2.24) is 0 Å². The lowest BCUT2D eigenvalue weighted by atomic mass is 9.94. The number of carbonyl (C=O) groups is 1. The van der Waals surface area contributed by atoms with Crippen LogP contribution in [0.4, 0.5) is 0 Å². The first-order valence-electron chi connectivity index (χ1n) is 5.14. The number of hydrogen-bond donors (Lipinski definition) is 1. The summed E-state index contributed by atoms with van der Waals surface area (Å²) < 4.78 is 0.985. The average Bonchev–Trinajstić information content (AvgIpc) is 2.79. The van der Waals surface area contributed by atoms with Gasteiger partial charge in [0.15, 0.2) is 6.29 Å². The van der Waals surface area contributed by atoms with Crippen molar-refractivity contribution in [1.29, 1.82) is 0 Å². The van der Waals surface area contributed by atoms with Crippen molar-refractivity contribution in [3.8, 4) is 0 Å². The third-order valence-corrected chi connectivity index (χ3v) is 3.96. The van der Waals surface area contributed by atoms with Gasteiger partial charge in [-0.05, 0) is 34.7 Å². The Hall–Kier alpha value is -0.970. The molecule has 0 saturated carbocycles. The van der Waals surface area contributed by atoms with E-state index in [1.54, 1.807) is 0 Å².